The van der Waals surface area contributed by atoms with Gasteiger partial charge in [-0.05, 0) is 116 Å². The fourth-order valence-electron chi connectivity index (χ4n) is 10.4. The zero-order valence-corrected chi connectivity index (χ0v) is 65.1. The van der Waals surface area contributed by atoms with Crippen molar-refractivity contribution in [3.63, 3.8) is 0 Å². The lowest BCUT2D eigenvalue weighted by molar-refractivity contribution is -0.161. The van der Waals surface area contributed by atoms with Gasteiger partial charge in [0.15, 0.2) is 6.10 Å². The van der Waals surface area contributed by atoms with Crippen LogP contribution in [0.5, 0.6) is 0 Å². The average molecular weight is 1460 g/mol. The van der Waals surface area contributed by atoms with E-state index < -0.39 is 91.5 Å². The Balaban J connectivity index is 4.52. The minimum atomic E-state index is -4.93. The number of allylic oxidation sites excluding steroid dienone is 22. The third kappa shape index (κ3) is 76.6. The van der Waals surface area contributed by atoms with Crippen molar-refractivity contribution in [2.75, 3.05) is 39.6 Å². The first-order chi connectivity index (χ1) is 49.2. The molecule has 0 heterocycles. The molecule has 0 aliphatic carbocycles. The summed E-state index contributed by atoms with van der Waals surface area (Å²) in [7, 11) is -9.79. The highest BCUT2D eigenvalue weighted by Gasteiger charge is 2.29. The van der Waals surface area contributed by atoms with Gasteiger partial charge in [-0.3, -0.25) is 32.5 Å². The van der Waals surface area contributed by atoms with Gasteiger partial charge in [-0.15, -0.1) is 0 Å². The Bertz CT molecular complexity index is 2370. The maximum absolute atomic E-state index is 13.0. The molecule has 580 valence electrons. The molecular weight excluding hydrogens is 1310 g/mol. The number of aliphatic hydroxyl groups excluding tert-OH is 2. The molecule has 0 saturated carbocycles. The molecule has 0 aromatic carbocycles. The van der Waals surface area contributed by atoms with Gasteiger partial charge in [0.2, 0.25) is 0 Å². The number of hydrogen-bond donors (Lipinski definition) is 4. The Morgan fingerprint density at radius 3 is 0.832 bits per heavy atom. The van der Waals surface area contributed by atoms with Crippen LogP contribution in [0.4, 0.5) is 0 Å². The van der Waals surface area contributed by atoms with E-state index in [2.05, 4.69) is 154 Å². The monoisotopic (exact) mass is 1460 g/mol. The number of unbranched alkanes of at least 4 members (excludes halogenated alkanes) is 29. The van der Waals surface area contributed by atoms with Gasteiger partial charge < -0.3 is 34.2 Å². The van der Waals surface area contributed by atoms with Crippen LogP contribution in [0.25, 0.3) is 0 Å². The molecule has 4 N–H and O–H groups in total. The molecule has 0 rings (SSSR count). The topological polar surface area (TPSA) is 231 Å². The molecular formula is C83H142O16P2. The second kappa shape index (κ2) is 75.4. The molecule has 0 aromatic heterocycles. The summed E-state index contributed by atoms with van der Waals surface area (Å²) >= 11 is 0. The van der Waals surface area contributed by atoms with Crippen LogP contribution >= 0.6 is 15.6 Å². The number of hydrogen-bond acceptors (Lipinski definition) is 14. The van der Waals surface area contributed by atoms with Gasteiger partial charge in [0.1, 0.15) is 25.4 Å². The van der Waals surface area contributed by atoms with Crippen molar-refractivity contribution in [3.05, 3.63) is 134 Å². The molecule has 5 unspecified atom stereocenters. The van der Waals surface area contributed by atoms with Crippen molar-refractivity contribution in [2.45, 2.75) is 334 Å². The quantitative estimate of drug-likeness (QED) is 0.0146. The van der Waals surface area contributed by atoms with Gasteiger partial charge in [0.25, 0.3) is 0 Å². The van der Waals surface area contributed by atoms with Crippen molar-refractivity contribution in [1.82, 2.24) is 0 Å². The Hall–Kier alpha value is -4.31. The van der Waals surface area contributed by atoms with E-state index in [-0.39, 0.29) is 19.3 Å². The highest BCUT2D eigenvalue weighted by molar-refractivity contribution is 7.47. The summed E-state index contributed by atoms with van der Waals surface area (Å²) in [6, 6.07) is 0. The largest absolute Gasteiger partial charge is 0.472 e. The Kier molecular flexibility index (Phi) is 72.2. The molecule has 5 atom stereocenters. The SMILES string of the molecule is CC/C=C\C/C=C\C/C=C\C/C=C\C/C=C\C/C=C\CCCCCCCCCCCCC(=O)OCC(O)COP(=O)(O)OCC(O)COP(=O)(O)OCC(COC(=O)CCCCCCCCC/C=C\C/C=C\C/C=C\C/C=C\C/C=C\CC)OC(=O)CCCCCCCCCCCCCCC. The number of ether oxygens (including phenoxy) is 3. The summed E-state index contributed by atoms with van der Waals surface area (Å²) in [5.74, 6) is -1.58. The first-order valence-corrected chi connectivity index (χ1v) is 42.5. The number of esters is 3. The number of rotatable bonds is 74. The van der Waals surface area contributed by atoms with Gasteiger partial charge in [-0.2, -0.15) is 0 Å². The normalized spacial score (nSPS) is 14.7. The Morgan fingerprint density at radius 1 is 0.287 bits per heavy atom. The first-order valence-electron chi connectivity index (χ1n) is 39.5. The standard InChI is InChI=1S/C83H142O16P2/c1-4-7-10-13-16-19-22-25-27-29-31-33-35-36-37-38-39-40-42-44-45-47-49-52-54-57-60-63-66-69-81(86)93-72-78(84)73-95-100(89,90)96-74-79(85)75-97-101(91,92)98-77-80(99-83(88)71-68-65-62-59-56-51-24-21-18-15-12-9-6-3)76-94-82(87)70-67-64-61-58-55-53-50-48-46-43-41-34-32-30-28-26-23-20-17-14-11-8-5-2/h7-8,10-11,16-17,19-20,25-28,31-34,36-37,39-40,43,46,78-80,84-85H,4-6,9,12-15,18,21-24,29-30,35,38,41-42,44-45,47-77H2,1-3H3,(H,89,90)(H,91,92)/b10-7-,11-8-,19-16-,20-17-,27-25-,28-26-,33-31-,34-32-,37-36-,40-39-,46-43-. The molecule has 0 saturated heterocycles. The van der Waals surface area contributed by atoms with Crippen LogP contribution in [0.2, 0.25) is 0 Å². The summed E-state index contributed by atoms with van der Waals surface area (Å²) in [5, 5.41) is 20.6. The Labute approximate surface area is 614 Å². The van der Waals surface area contributed by atoms with E-state index in [4.69, 9.17) is 32.3 Å². The van der Waals surface area contributed by atoms with Crippen LogP contribution in [0.3, 0.4) is 0 Å². The number of carbonyl (C=O) groups excluding carboxylic acids is 3. The smallest absolute Gasteiger partial charge is 0.463 e. The molecule has 0 bridgehead atoms. The van der Waals surface area contributed by atoms with Gasteiger partial charge in [0, 0.05) is 19.3 Å². The van der Waals surface area contributed by atoms with Crippen molar-refractivity contribution in [1.29, 1.82) is 0 Å². The van der Waals surface area contributed by atoms with E-state index in [9.17, 15) is 43.5 Å². The van der Waals surface area contributed by atoms with E-state index in [0.717, 1.165) is 173 Å². The molecule has 101 heavy (non-hydrogen) atoms. The molecule has 0 aliphatic heterocycles. The molecule has 0 spiro atoms. The van der Waals surface area contributed by atoms with E-state index in [1.807, 2.05) is 0 Å². The van der Waals surface area contributed by atoms with Crippen molar-refractivity contribution in [2.24, 2.45) is 0 Å². The third-order valence-electron chi connectivity index (χ3n) is 16.4. The highest BCUT2D eigenvalue weighted by atomic mass is 31.2. The third-order valence-corrected chi connectivity index (χ3v) is 18.3. The van der Waals surface area contributed by atoms with Gasteiger partial charge in [0.05, 0.1) is 26.4 Å². The van der Waals surface area contributed by atoms with Gasteiger partial charge in [-0.1, -0.05) is 315 Å². The average Bonchev–Trinajstić information content (AvgIpc) is 0.933. The summed E-state index contributed by atoms with van der Waals surface area (Å²) in [6.07, 6.45) is 90.7. The zero-order chi connectivity index (χ0) is 73.7. The maximum atomic E-state index is 13.0. The lowest BCUT2D eigenvalue weighted by Gasteiger charge is -2.21. The maximum Gasteiger partial charge on any atom is 0.472 e. The first kappa shape index (κ1) is 96.7. The molecule has 16 nitrogen and oxygen atoms in total. The summed E-state index contributed by atoms with van der Waals surface area (Å²) in [4.78, 5) is 58.6. The van der Waals surface area contributed by atoms with Crippen LogP contribution in [0, 0.1) is 0 Å². The summed E-state index contributed by atoms with van der Waals surface area (Å²) < 4.78 is 61.1. The zero-order valence-electron chi connectivity index (χ0n) is 63.3. The predicted molar refractivity (Wildman–Crippen MR) is 417 cm³/mol. The fraction of sp³-hybridized carbons (Fsp3) is 0.699. The fourth-order valence-corrected chi connectivity index (χ4v) is 12.0. The second-order valence-corrected chi connectivity index (χ2v) is 29.0. The summed E-state index contributed by atoms with van der Waals surface area (Å²) in [5.41, 5.74) is 0. The summed E-state index contributed by atoms with van der Waals surface area (Å²) in [6.45, 7) is 2.45. The van der Waals surface area contributed by atoms with E-state index >= 15 is 0 Å². The van der Waals surface area contributed by atoms with Crippen LogP contribution in [0.15, 0.2) is 134 Å². The van der Waals surface area contributed by atoms with Crippen molar-refractivity contribution >= 4 is 33.6 Å². The van der Waals surface area contributed by atoms with Crippen LogP contribution in [0.1, 0.15) is 316 Å². The molecule has 0 amide bonds. The van der Waals surface area contributed by atoms with Crippen molar-refractivity contribution < 1.29 is 75.8 Å². The van der Waals surface area contributed by atoms with Gasteiger partial charge in [-0.25, -0.2) is 9.13 Å². The van der Waals surface area contributed by atoms with E-state index in [0.29, 0.717) is 19.3 Å². The minimum absolute atomic E-state index is 0.103. The van der Waals surface area contributed by atoms with Crippen LogP contribution in [-0.2, 0) is 55.8 Å². The molecule has 0 fully saturated rings. The lowest BCUT2D eigenvalue weighted by Crippen LogP contribution is -2.30. The minimum Gasteiger partial charge on any atom is -0.463 e. The van der Waals surface area contributed by atoms with Gasteiger partial charge >= 0.3 is 33.6 Å². The predicted octanol–water partition coefficient (Wildman–Crippen LogP) is 23.1. The molecule has 0 aliphatic rings. The van der Waals surface area contributed by atoms with E-state index in [1.54, 1.807) is 0 Å². The number of phosphoric ester groups is 2. The molecule has 18 heteroatoms. The number of carbonyl (C=O) groups is 3. The van der Waals surface area contributed by atoms with Crippen LogP contribution in [-0.4, -0.2) is 95.9 Å². The highest BCUT2D eigenvalue weighted by Crippen LogP contribution is 2.45. The molecule has 0 radical (unpaired) electrons. The number of phosphoric acid groups is 2. The molecule has 0 aromatic rings. The number of aliphatic hydroxyl groups is 2. The Morgan fingerprint density at radius 2 is 0.525 bits per heavy atom. The lowest BCUT2D eigenvalue weighted by atomic mass is 10.0. The van der Waals surface area contributed by atoms with E-state index in [1.165, 1.54) is 83.5 Å². The van der Waals surface area contributed by atoms with Crippen molar-refractivity contribution in [3.8, 4) is 0 Å². The van der Waals surface area contributed by atoms with Crippen LogP contribution < -0.4 is 0 Å². The second-order valence-electron chi connectivity index (χ2n) is 26.1.